The summed E-state index contributed by atoms with van der Waals surface area (Å²) in [6.07, 6.45) is 0. The van der Waals surface area contributed by atoms with Crippen LogP contribution >= 0.6 is 23.2 Å². The van der Waals surface area contributed by atoms with Crippen LogP contribution in [0, 0.1) is 11.3 Å². The van der Waals surface area contributed by atoms with Gasteiger partial charge in [0.15, 0.2) is 0 Å². The summed E-state index contributed by atoms with van der Waals surface area (Å²) in [5.41, 5.74) is 2.42. The van der Waals surface area contributed by atoms with Gasteiger partial charge in [-0.2, -0.15) is 5.26 Å². The number of rotatable bonds is 3. The van der Waals surface area contributed by atoms with Crippen LogP contribution in [0.15, 0.2) is 42.5 Å². The molecule has 0 amide bonds. The van der Waals surface area contributed by atoms with Crippen LogP contribution in [-0.4, -0.2) is 0 Å². The fraction of sp³-hybridized carbons (Fsp3) is 0.0714. The van der Waals surface area contributed by atoms with Gasteiger partial charge in [-0.1, -0.05) is 29.3 Å². The largest absolute Gasteiger partial charge is 0.381 e. The Labute approximate surface area is 116 Å². The maximum absolute atomic E-state index is 8.81. The minimum absolute atomic E-state index is 0.564. The van der Waals surface area contributed by atoms with Crippen molar-refractivity contribution in [3.63, 3.8) is 0 Å². The summed E-state index contributed by atoms with van der Waals surface area (Å²) in [5, 5.41) is 13.3. The van der Waals surface area contributed by atoms with Crippen molar-refractivity contribution in [1.82, 2.24) is 0 Å². The number of nitrogens with zero attached hydrogens (tertiary/aromatic N) is 1. The lowest BCUT2D eigenvalue weighted by atomic mass is 10.2. The van der Waals surface area contributed by atoms with E-state index < -0.39 is 0 Å². The highest BCUT2D eigenvalue weighted by Gasteiger charge is 2.01. The Kier molecular flexibility index (Phi) is 4.09. The molecule has 0 aliphatic heterocycles. The van der Waals surface area contributed by atoms with Gasteiger partial charge in [0.05, 0.1) is 11.6 Å². The van der Waals surface area contributed by atoms with Crippen molar-refractivity contribution in [1.29, 1.82) is 5.26 Å². The van der Waals surface area contributed by atoms with Gasteiger partial charge in [-0.15, -0.1) is 0 Å². The quantitative estimate of drug-likeness (QED) is 0.898. The van der Waals surface area contributed by atoms with E-state index in [0.717, 1.165) is 11.3 Å². The summed E-state index contributed by atoms with van der Waals surface area (Å²) >= 11 is 12.0. The van der Waals surface area contributed by atoms with Crippen molar-refractivity contribution in [2.24, 2.45) is 0 Å². The molecule has 0 saturated carbocycles. The second-order valence-corrected chi connectivity index (χ2v) is 4.63. The Morgan fingerprint density at radius 3 is 2.72 bits per heavy atom. The fourth-order valence-corrected chi connectivity index (χ4v) is 1.95. The molecular weight excluding hydrogens is 267 g/mol. The van der Waals surface area contributed by atoms with Gasteiger partial charge in [0.25, 0.3) is 0 Å². The molecule has 0 fully saturated rings. The lowest BCUT2D eigenvalue weighted by Gasteiger charge is -2.08. The molecule has 0 heterocycles. The third-order valence-electron chi connectivity index (χ3n) is 2.48. The van der Waals surface area contributed by atoms with Crippen molar-refractivity contribution in [3.05, 3.63) is 63.6 Å². The third-order valence-corrected chi connectivity index (χ3v) is 3.09. The Hall–Kier alpha value is -1.69. The monoisotopic (exact) mass is 276 g/mol. The standard InChI is InChI=1S/C14H10Cl2N2/c15-12-4-5-14(16)11(7-12)9-18-13-3-1-2-10(6-13)8-17/h1-7,18H,9H2. The molecule has 4 heteroatoms. The first kappa shape index (κ1) is 12.8. The number of nitriles is 1. The molecule has 0 radical (unpaired) electrons. The summed E-state index contributed by atoms with van der Waals surface area (Å²) in [6.45, 7) is 0.564. The molecule has 2 nitrogen and oxygen atoms in total. The molecule has 2 rings (SSSR count). The van der Waals surface area contributed by atoms with Crippen molar-refractivity contribution < 1.29 is 0 Å². The average molecular weight is 277 g/mol. The van der Waals surface area contributed by atoms with E-state index in [9.17, 15) is 0 Å². The number of benzene rings is 2. The van der Waals surface area contributed by atoms with Gasteiger partial charge in [-0.3, -0.25) is 0 Å². The smallest absolute Gasteiger partial charge is 0.0992 e. The first-order chi connectivity index (χ1) is 8.69. The molecule has 0 atom stereocenters. The van der Waals surface area contributed by atoms with Gasteiger partial charge in [-0.05, 0) is 42.0 Å². The number of anilines is 1. The normalized spacial score (nSPS) is 9.83. The van der Waals surface area contributed by atoms with Crippen LogP contribution in [-0.2, 0) is 6.54 Å². The van der Waals surface area contributed by atoms with Crippen molar-refractivity contribution in [2.75, 3.05) is 5.32 Å². The maximum atomic E-state index is 8.81. The van der Waals surface area contributed by atoms with Crippen LogP contribution in [0.25, 0.3) is 0 Å². The number of hydrogen-bond donors (Lipinski definition) is 1. The summed E-state index contributed by atoms with van der Waals surface area (Å²) in [7, 11) is 0. The molecule has 0 unspecified atom stereocenters. The number of nitrogens with one attached hydrogen (secondary N) is 1. The van der Waals surface area contributed by atoms with Crippen molar-refractivity contribution in [2.45, 2.75) is 6.54 Å². The molecule has 0 aliphatic rings. The molecule has 1 N–H and O–H groups in total. The molecule has 18 heavy (non-hydrogen) atoms. The third kappa shape index (κ3) is 3.16. The lowest BCUT2D eigenvalue weighted by Crippen LogP contribution is -2.00. The van der Waals surface area contributed by atoms with Gasteiger partial charge in [0.2, 0.25) is 0 Å². The minimum atomic E-state index is 0.564. The summed E-state index contributed by atoms with van der Waals surface area (Å²) < 4.78 is 0. The first-order valence-corrected chi connectivity index (χ1v) is 6.12. The van der Waals surface area contributed by atoms with Crippen LogP contribution in [0.2, 0.25) is 10.0 Å². The zero-order valence-electron chi connectivity index (χ0n) is 9.45. The second-order valence-electron chi connectivity index (χ2n) is 3.78. The highest BCUT2D eigenvalue weighted by Crippen LogP contribution is 2.21. The van der Waals surface area contributed by atoms with Crippen LogP contribution in [0.1, 0.15) is 11.1 Å². The zero-order valence-corrected chi connectivity index (χ0v) is 11.0. The second kappa shape index (κ2) is 5.77. The summed E-state index contributed by atoms with van der Waals surface area (Å²) in [5.74, 6) is 0. The fourth-order valence-electron chi connectivity index (χ4n) is 1.57. The van der Waals surface area contributed by atoms with E-state index >= 15 is 0 Å². The Bertz CT molecular complexity index is 603. The molecular formula is C14H10Cl2N2. The van der Waals surface area contributed by atoms with E-state index in [1.165, 1.54) is 0 Å². The molecule has 2 aromatic carbocycles. The van der Waals surface area contributed by atoms with E-state index in [4.69, 9.17) is 28.5 Å². The summed E-state index contributed by atoms with van der Waals surface area (Å²) in [6, 6.07) is 14.7. The number of halogens is 2. The van der Waals surface area contributed by atoms with Gasteiger partial charge in [-0.25, -0.2) is 0 Å². The van der Waals surface area contributed by atoms with Gasteiger partial charge in [0, 0.05) is 22.3 Å². The predicted molar refractivity (Wildman–Crippen MR) is 74.9 cm³/mol. The van der Waals surface area contributed by atoms with E-state index in [0.29, 0.717) is 22.2 Å². The van der Waals surface area contributed by atoms with Crippen LogP contribution in [0.5, 0.6) is 0 Å². The molecule has 0 bridgehead atoms. The molecule has 0 saturated heterocycles. The Morgan fingerprint density at radius 1 is 1.11 bits per heavy atom. The molecule has 90 valence electrons. The van der Waals surface area contributed by atoms with Gasteiger partial charge >= 0.3 is 0 Å². The Balaban J connectivity index is 2.11. The molecule has 2 aromatic rings. The number of hydrogen-bond acceptors (Lipinski definition) is 2. The average Bonchev–Trinajstić information content (AvgIpc) is 2.40. The molecule has 0 spiro atoms. The lowest BCUT2D eigenvalue weighted by molar-refractivity contribution is 1.15. The van der Waals surface area contributed by atoms with E-state index in [-0.39, 0.29) is 0 Å². The van der Waals surface area contributed by atoms with Crippen molar-refractivity contribution in [3.8, 4) is 6.07 Å². The zero-order chi connectivity index (χ0) is 13.0. The summed E-state index contributed by atoms with van der Waals surface area (Å²) in [4.78, 5) is 0. The molecule has 0 aliphatic carbocycles. The molecule has 0 aromatic heterocycles. The van der Waals surface area contributed by atoms with E-state index in [1.54, 1.807) is 24.3 Å². The van der Waals surface area contributed by atoms with E-state index in [2.05, 4.69) is 11.4 Å². The first-order valence-electron chi connectivity index (χ1n) is 5.37. The van der Waals surface area contributed by atoms with Crippen LogP contribution in [0.3, 0.4) is 0 Å². The van der Waals surface area contributed by atoms with Crippen LogP contribution < -0.4 is 5.32 Å². The van der Waals surface area contributed by atoms with Crippen LogP contribution in [0.4, 0.5) is 5.69 Å². The van der Waals surface area contributed by atoms with Crippen molar-refractivity contribution >= 4 is 28.9 Å². The predicted octanol–water partition coefficient (Wildman–Crippen LogP) is 4.48. The highest BCUT2D eigenvalue weighted by atomic mass is 35.5. The topological polar surface area (TPSA) is 35.8 Å². The maximum Gasteiger partial charge on any atom is 0.0992 e. The van der Waals surface area contributed by atoms with Gasteiger partial charge in [0.1, 0.15) is 0 Å². The highest BCUT2D eigenvalue weighted by molar-refractivity contribution is 6.33. The van der Waals surface area contributed by atoms with E-state index in [1.807, 2.05) is 18.2 Å². The SMILES string of the molecule is N#Cc1cccc(NCc2cc(Cl)ccc2Cl)c1. The Morgan fingerprint density at radius 2 is 1.94 bits per heavy atom. The minimum Gasteiger partial charge on any atom is -0.381 e. The van der Waals surface area contributed by atoms with Gasteiger partial charge < -0.3 is 5.32 Å².